The summed E-state index contributed by atoms with van der Waals surface area (Å²) in [6.45, 7) is 0. The molecular weight excluding hydrogens is 252 g/mol. The molecule has 94 valence electrons. The standard InChI is InChI=1S/C9H16O5S2/c1-14-16(12,13)7-9(4-5-9)15(10,11)6-8-2-3-8/h8H,2-7H2,1H3. The maximum absolute atomic E-state index is 12.0. The zero-order valence-electron chi connectivity index (χ0n) is 9.18. The Hall–Kier alpha value is -0.140. The lowest BCUT2D eigenvalue weighted by Gasteiger charge is -2.15. The summed E-state index contributed by atoms with van der Waals surface area (Å²) < 4.78 is 50.0. The Labute approximate surface area is 96.2 Å². The van der Waals surface area contributed by atoms with Crippen molar-refractivity contribution in [3.8, 4) is 0 Å². The predicted octanol–water partition coefficient (Wildman–Crippen LogP) is 0.320. The number of hydrogen-bond donors (Lipinski definition) is 0. The van der Waals surface area contributed by atoms with Crippen LogP contribution in [-0.2, 0) is 24.1 Å². The van der Waals surface area contributed by atoms with Crippen molar-refractivity contribution in [2.75, 3.05) is 18.6 Å². The van der Waals surface area contributed by atoms with Gasteiger partial charge in [-0.25, -0.2) is 8.42 Å². The van der Waals surface area contributed by atoms with Gasteiger partial charge in [-0.05, 0) is 31.6 Å². The first-order chi connectivity index (χ1) is 7.30. The quantitative estimate of drug-likeness (QED) is 0.648. The largest absolute Gasteiger partial charge is 0.273 e. The topological polar surface area (TPSA) is 77.5 Å². The highest BCUT2D eigenvalue weighted by Crippen LogP contribution is 2.47. The Bertz CT molecular complexity index is 468. The Morgan fingerprint density at radius 2 is 1.75 bits per heavy atom. The van der Waals surface area contributed by atoms with Crippen LogP contribution >= 0.6 is 0 Å². The summed E-state index contributed by atoms with van der Waals surface area (Å²) in [5, 5.41) is 0. The van der Waals surface area contributed by atoms with Gasteiger partial charge in [-0.2, -0.15) is 8.42 Å². The molecule has 16 heavy (non-hydrogen) atoms. The van der Waals surface area contributed by atoms with E-state index in [0.29, 0.717) is 12.8 Å². The van der Waals surface area contributed by atoms with E-state index >= 15 is 0 Å². The molecule has 2 fully saturated rings. The summed E-state index contributed by atoms with van der Waals surface area (Å²) in [5.74, 6) is 0.0188. The van der Waals surface area contributed by atoms with Gasteiger partial charge in [0, 0.05) is 0 Å². The highest BCUT2D eigenvalue weighted by molar-refractivity contribution is 7.95. The molecule has 0 saturated heterocycles. The summed E-state index contributed by atoms with van der Waals surface area (Å²) >= 11 is 0. The van der Waals surface area contributed by atoms with E-state index in [-0.39, 0.29) is 17.4 Å². The van der Waals surface area contributed by atoms with Crippen molar-refractivity contribution in [3.63, 3.8) is 0 Å². The maximum atomic E-state index is 12.0. The first-order valence-electron chi connectivity index (χ1n) is 5.31. The van der Waals surface area contributed by atoms with Gasteiger partial charge in [0.25, 0.3) is 10.1 Å². The van der Waals surface area contributed by atoms with E-state index in [9.17, 15) is 16.8 Å². The van der Waals surface area contributed by atoms with E-state index in [1.54, 1.807) is 0 Å². The van der Waals surface area contributed by atoms with Crippen molar-refractivity contribution < 1.29 is 21.0 Å². The second-order valence-corrected chi connectivity index (χ2v) is 8.94. The van der Waals surface area contributed by atoms with Crippen LogP contribution in [0.15, 0.2) is 0 Å². The third kappa shape index (κ3) is 2.41. The predicted molar refractivity (Wildman–Crippen MR) is 59.3 cm³/mol. The Morgan fingerprint density at radius 3 is 2.12 bits per heavy atom. The van der Waals surface area contributed by atoms with Crippen molar-refractivity contribution in [2.24, 2.45) is 5.92 Å². The Kier molecular flexibility index (Phi) is 2.83. The molecule has 2 aliphatic rings. The minimum absolute atomic E-state index is 0.145. The van der Waals surface area contributed by atoms with Gasteiger partial charge in [0.1, 0.15) is 0 Å². The summed E-state index contributed by atoms with van der Waals surface area (Å²) in [4.78, 5) is 0. The van der Waals surface area contributed by atoms with Crippen molar-refractivity contribution in [1.29, 1.82) is 0 Å². The van der Waals surface area contributed by atoms with Crippen LogP contribution in [0.4, 0.5) is 0 Å². The van der Waals surface area contributed by atoms with Gasteiger partial charge in [-0.3, -0.25) is 4.18 Å². The second kappa shape index (κ2) is 3.68. The van der Waals surface area contributed by atoms with Crippen molar-refractivity contribution in [3.05, 3.63) is 0 Å². The molecular formula is C9H16O5S2. The summed E-state index contributed by atoms with van der Waals surface area (Å²) in [7, 11) is -5.91. The van der Waals surface area contributed by atoms with Gasteiger partial charge in [0.05, 0.1) is 23.4 Å². The highest BCUT2D eigenvalue weighted by Gasteiger charge is 2.57. The molecule has 0 bridgehead atoms. The van der Waals surface area contributed by atoms with Crippen molar-refractivity contribution >= 4 is 20.0 Å². The highest BCUT2D eigenvalue weighted by atomic mass is 32.2. The van der Waals surface area contributed by atoms with Gasteiger partial charge in [-0.1, -0.05) is 0 Å². The van der Waals surface area contributed by atoms with Crippen LogP contribution in [0.5, 0.6) is 0 Å². The number of hydrogen-bond acceptors (Lipinski definition) is 5. The molecule has 0 heterocycles. The molecule has 5 nitrogen and oxygen atoms in total. The third-order valence-electron chi connectivity index (χ3n) is 3.31. The molecule has 2 rings (SSSR count). The Morgan fingerprint density at radius 1 is 1.19 bits per heavy atom. The fourth-order valence-corrected chi connectivity index (χ4v) is 6.07. The van der Waals surface area contributed by atoms with Gasteiger partial charge >= 0.3 is 0 Å². The van der Waals surface area contributed by atoms with Crippen LogP contribution in [0.2, 0.25) is 0 Å². The monoisotopic (exact) mass is 268 g/mol. The lowest BCUT2D eigenvalue weighted by molar-refractivity contribution is 0.396. The third-order valence-corrected chi connectivity index (χ3v) is 7.69. The smallest absolute Gasteiger partial charge is 0.268 e. The molecule has 0 aromatic carbocycles. The summed E-state index contributed by atoms with van der Waals surface area (Å²) in [6, 6.07) is 0. The molecule has 0 atom stereocenters. The molecule has 0 aromatic heterocycles. The molecule has 0 radical (unpaired) electrons. The maximum Gasteiger partial charge on any atom is 0.268 e. The molecule has 7 heteroatoms. The average Bonchev–Trinajstić information content (AvgIpc) is 3.01. The van der Waals surface area contributed by atoms with Crippen LogP contribution in [0.3, 0.4) is 0 Å². The minimum Gasteiger partial charge on any atom is -0.273 e. The molecule has 0 spiro atoms. The lowest BCUT2D eigenvalue weighted by Crippen LogP contribution is -2.34. The fraction of sp³-hybridized carbons (Fsp3) is 1.00. The van der Waals surface area contributed by atoms with Crippen LogP contribution in [-0.4, -0.2) is 40.2 Å². The van der Waals surface area contributed by atoms with E-state index in [4.69, 9.17) is 0 Å². The van der Waals surface area contributed by atoms with E-state index in [1.165, 1.54) is 0 Å². The minimum atomic E-state index is -3.69. The van der Waals surface area contributed by atoms with Crippen molar-refractivity contribution in [1.82, 2.24) is 0 Å². The molecule has 0 aromatic rings. The molecule has 0 unspecified atom stereocenters. The Balaban J connectivity index is 2.13. The van der Waals surface area contributed by atoms with Crippen LogP contribution in [0.1, 0.15) is 25.7 Å². The summed E-state index contributed by atoms with van der Waals surface area (Å²) in [5.41, 5.74) is 0. The first kappa shape index (κ1) is 12.3. The van der Waals surface area contributed by atoms with Crippen molar-refractivity contribution in [2.45, 2.75) is 30.4 Å². The van der Waals surface area contributed by atoms with Crippen LogP contribution in [0, 0.1) is 5.92 Å². The zero-order chi connectivity index (χ0) is 12.0. The first-order valence-corrected chi connectivity index (χ1v) is 8.54. The van der Waals surface area contributed by atoms with Crippen LogP contribution < -0.4 is 0 Å². The molecule has 2 aliphatic carbocycles. The van der Waals surface area contributed by atoms with E-state index < -0.39 is 24.7 Å². The number of rotatable bonds is 6. The van der Waals surface area contributed by atoms with E-state index in [1.807, 2.05) is 0 Å². The van der Waals surface area contributed by atoms with Gasteiger partial charge in [0.2, 0.25) is 0 Å². The fourth-order valence-electron chi connectivity index (χ4n) is 1.84. The lowest BCUT2D eigenvalue weighted by atomic mass is 10.5. The summed E-state index contributed by atoms with van der Waals surface area (Å²) in [6.07, 6.45) is 2.80. The van der Waals surface area contributed by atoms with Crippen LogP contribution in [0.25, 0.3) is 0 Å². The second-order valence-electron chi connectivity index (χ2n) is 4.78. The zero-order valence-corrected chi connectivity index (χ0v) is 10.8. The van der Waals surface area contributed by atoms with Gasteiger partial charge in [0.15, 0.2) is 9.84 Å². The normalized spacial score (nSPS) is 24.3. The van der Waals surface area contributed by atoms with Gasteiger partial charge in [-0.15, -0.1) is 0 Å². The average molecular weight is 268 g/mol. The number of sulfone groups is 1. The van der Waals surface area contributed by atoms with E-state index in [2.05, 4.69) is 4.18 Å². The van der Waals surface area contributed by atoms with E-state index in [0.717, 1.165) is 20.0 Å². The SMILES string of the molecule is COS(=O)(=O)CC1(S(=O)(=O)CC2CC2)CC1. The molecule has 0 aliphatic heterocycles. The van der Waals surface area contributed by atoms with Gasteiger partial charge < -0.3 is 0 Å². The molecule has 0 amide bonds. The molecule has 2 saturated carbocycles. The molecule has 0 N–H and O–H groups in total.